The Kier molecular flexibility index (Phi) is 15.8. The molecule has 13 nitrogen and oxygen atoms in total. The summed E-state index contributed by atoms with van der Waals surface area (Å²) in [7, 11) is 3.46. The Bertz CT molecular complexity index is 1100. The summed E-state index contributed by atoms with van der Waals surface area (Å²) < 4.78 is 37.3. The van der Waals surface area contributed by atoms with Gasteiger partial charge < -0.3 is 54.0 Å². The zero-order valence-electron chi connectivity index (χ0n) is 33.4. The molecule has 3 aliphatic rings. The van der Waals surface area contributed by atoms with Crippen LogP contribution >= 0.6 is 0 Å². The third-order valence-corrected chi connectivity index (χ3v) is 12.3. The molecule has 13 heteroatoms. The van der Waals surface area contributed by atoms with Gasteiger partial charge in [-0.05, 0) is 80.7 Å². The van der Waals surface area contributed by atoms with Crippen LogP contribution < -0.4 is 0 Å². The summed E-state index contributed by atoms with van der Waals surface area (Å²) in [5.41, 5.74) is -2.64. The third kappa shape index (κ3) is 10.4. The van der Waals surface area contributed by atoms with Crippen LogP contribution in [0.25, 0.3) is 0 Å². The lowest BCUT2D eigenvalue weighted by molar-refractivity contribution is -0.308. The van der Waals surface area contributed by atoms with Crippen molar-refractivity contribution < 1.29 is 58.7 Å². The molecular formula is C38H71NO12. The zero-order chi connectivity index (χ0) is 38.7. The Morgan fingerprint density at radius 1 is 0.902 bits per heavy atom. The SMILES string of the molecule is CC[C@H]1OC(=O)[C@H](C)[C@@H](O[C@H]2C[C@@](C)(OC)[C@@H](O)[C@H](C)O2)C[C@@H](O[C@@H]2O[C@H](C)C[C@H](N(C)C(C)C)[C@H]2O)[C@](C)(O)C[C@@H](C)[C@H](O)[C@H](C)[C@@H](O)[C@H]1C. The molecule has 0 amide bonds. The van der Waals surface area contributed by atoms with Gasteiger partial charge in [0.25, 0.3) is 0 Å². The Balaban J connectivity index is 2.10. The molecule has 0 saturated carbocycles. The van der Waals surface area contributed by atoms with Gasteiger partial charge in [-0.2, -0.15) is 0 Å². The highest BCUT2D eigenvalue weighted by atomic mass is 16.7. The number of aliphatic hydroxyl groups excluding tert-OH is 4. The number of rotatable bonds is 8. The van der Waals surface area contributed by atoms with Crippen molar-refractivity contribution in [3.63, 3.8) is 0 Å². The minimum Gasteiger partial charge on any atom is -0.462 e. The molecule has 0 aromatic heterocycles. The van der Waals surface area contributed by atoms with Crippen LogP contribution in [0.4, 0.5) is 0 Å². The van der Waals surface area contributed by atoms with Crippen LogP contribution in [0.2, 0.25) is 0 Å². The summed E-state index contributed by atoms with van der Waals surface area (Å²) in [5.74, 6) is -3.04. The van der Waals surface area contributed by atoms with Crippen molar-refractivity contribution in [3.8, 4) is 0 Å². The van der Waals surface area contributed by atoms with E-state index in [0.717, 1.165) is 0 Å². The fourth-order valence-corrected chi connectivity index (χ4v) is 8.22. The number of esters is 1. The number of hydrogen-bond donors (Lipinski definition) is 5. The molecular weight excluding hydrogens is 662 g/mol. The highest BCUT2D eigenvalue weighted by Crippen LogP contribution is 2.39. The van der Waals surface area contributed by atoms with Gasteiger partial charge in [-0.1, -0.05) is 27.7 Å². The van der Waals surface area contributed by atoms with Crippen molar-refractivity contribution in [1.82, 2.24) is 4.90 Å². The smallest absolute Gasteiger partial charge is 0.311 e. The van der Waals surface area contributed by atoms with E-state index in [1.165, 1.54) is 7.11 Å². The molecule has 0 aromatic carbocycles. The summed E-state index contributed by atoms with van der Waals surface area (Å²) in [4.78, 5) is 16.1. The summed E-state index contributed by atoms with van der Waals surface area (Å²) >= 11 is 0. The first-order chi connectivity index (χ1) is 23.6. The molecule has 0 spiro atoms. The van der Waals surface area contributed by atoms with Crippen LogP contribution in [0.1, 0.15) is 108 Å². The van der Waals surface area contributed by atoms with Crippen molar-refractivity contribution in [2.24, 2.45) is 23.7 Å². The first-order valence-electron chi connectivity index (χ1n) is 19.1. The molecule has 0 aromatic rings. The van der Waals surface area contributed by atoms with Gasteiger partial charge in [-0.3, -0.25) is 9.69 Å². The van der Waals surface area contributed by atoms with E-state index in [0.29, 0.717) is 12.8 Å². The lowest BCUT2D eigenvalue weighted by Gasteiger charge is -2.47. The molecule has 0 aliphatic carbocycles. The molecule has 3 aliphatic heterocycles. The number of nitrogens with zero attached hydrogens (tertiary/aromatic N) is 1. The Morgan fingerprint density at radius 2 is 1.53 bits per heavy atom. The number of cyclic esters (lactones) is 1. The number of ether oxygens (including phenoxy) is 6. The number of carbonyl (C=O) groups is 1. The monoisotopic (exact) mass is 733 g/mol. The molecule has 0 radical (unpaired) electrons. The molecule has 0 unspecified atom stereocenters. The highest BCUT2D eigenvalue weighted by molar-refractivity contribution is 5.73. The van der Waals surface area contributed by atoms with E-state index in [1.807, 2.05) is 41.7 Å². The lowest BCUT2D eigenvalue weighted by atomic mass is 9.76. The Labute approximate surface area is 306 Å². The minimum atomic E-state index is -1.64. The van der Waals surface area contributed by atoms with Crippen molar-refractivity contribution in [2.45, 2.75) is 199 Å². The Hall–Kier alpha value is -0.970. The lowest BCUT2D eigenvalue weighted by Crippen LogP contribution is -2.59. The topological polar surface area (TPSA) is 177 Å². The van der Waals surface area contributed by atoms with Crippen molar-refractivity contribution in [1.29, 1.82) is 0 Å². The van der Waals surface area contributed by atoms with Gasteiger partial charge in [-0.15, -0.1) is 0 Å². The number of methoxy groups -OCH3 is 1. The van der Waals surface area contributed by atoms with E-state index in [9.17, 15) is 30.3 Å². The molecule has 0 bridgehead atoms. The van der Waals surface area contributed by atoms with Gasteiger partial charge in [0, 0.05) is 43.9 Å². The highest BCUT2D eigenvalue weighted by Gasteiger charge is 2.50. The summed E-state index contributed by atoms with van der Waals surface area (Å²) in [5, 5.41) is 57.7. The van der Waals surface area contributed by atoms with Gasteiger partial charge in [0.15, 0.2) is 12.6 Å². The summed E-state index contributed by atoms with van der Waals surface area (Å²) in [6.45, 7) is 20.1. The number of carbonyl (C=O) groups excluding carboxylic acids is 1. The molecule has 5 N–H and O–H groups in total. The van der Waals surface area contributed by atoms with Gasteiger partial charge in [-0.25, -0.2) is 0 Å². The third-order valence-electron chi connectivity index (χ3n) is 12.3. The second kappa shape index (κ2) is 18.1. The predicted molar refractivity (Wildman–Crippen MR) is 190 cm³/mol. The van der Waals surface area contributed by atoms with Gasteiger partial charge in [0.1, 0.15) is 18.3 Å². The summed E-state index contributed by atoms with van der Waals surface area (Å²) in [6.07, 6.45) is -8.40. The molecule has 18 atom stereocenters. The van der Waals surface area contributed by atoms with E-state index in [4.69, 9.17) is 28.4 Å². The number of hydrogen-bond acceptors (Lipinski definition) is 13. The first-order valence-corrected chi connectivity index (χ1v) is 19.1. The maximum absolute atomic E-state index is 14.0. The fourth-order valence-electron chi connectivity index (χ4n) is 8.22. The molecule has 300 valence electrons. The number of likely N-dealkylation sites (N-methyl/N-ethyl adjacent to an activating group) is 1. The fraction of sp³-hybridized carbons (Fsp3) is 0.974. The standard InChI is InChI=1S/C38H71NO12/c1-14-27-22(6)32(41)24(8)31(40)20(4)17-37(10,45)29(51-36-33(42)26(15-21(5)47-36)39(12)19(2)3)16-28(23(7)35(44)50-27)49-30-18-38(11,46-13)34(43)25(9)48-30/h19-34,36,40-43,45H,14-18H2,1-13H3/t20-,21-,22+,23-,24+,25+,26+,27-,28+,29-,30+,31+,32+,33-,34+,36+,37-,38-/m1/s1. The second-order valence-corrected chi connectivity index (χ2v) is 16.7. The van der Waals surface area contributed by atoms with Crippen LogP contribution in [0, 0.1) is 23.7 Å². The van der Waals surface area contributed by atoms with Gasteiger partial charge >= 0.3 is 5.97 Å². The number of aliphatic hydroxyl groups is 5. The normalized spacial score (nSPS) is 48.4. The van der Waals surface area contributed by atoms with Crippen molar-refractivity contribution in [3.05, 3.63) is 0 Å². The van der Waals surface area contributed by atoms with E-state index < -0.39 is 102 Å². The van der Waals surface area contributed by atoms with Crippen LogP contribution in [0.5, 0.6) is 0 Å². The summed E-state index contributed by atoms with van der Waals surface area (Å²) in [6, 6.07) is -0.143. The van der Waals surface area contributed by atoms with E-state index in [-0.39, 0.29) is 37.5 Å². The quantitative estimate of drug-likeness (QED) is 0.231. The first kappa shape index (κ1) is 44.4. The van der Waals surface area contributed by atoms with Crippen molar-refractivity contribution in [2.75, 3.05) is 14.2 Å². The maximum Gasteiger partial charge on any atom is 0.311 e. The predicted octanol–water partition coefficient (Wildman–Crippen LogP) is 3.00. The van der Waals surface area contributed by atoms with E-state index in [1.54, 1.807) is 41.5 Å². The van der Waals surface area contributed by atoms with Crippen LogP contribution in [-0.2, 0) is 33.2 Å². The largest absolute Gasteiger partial charge is 0.462 e. The minimum absolute atomic E-state index is 0.0389. The molecule has 3 saturated heterocycles. The molecule has 3 rings (SSSR count). The van der Waals surface area contributed by atoms with Gasteiger partial charge in [0.2, 0.25) is 0 Å². The maximum atomic E-state index is 14.0. The molecule has 3 fully saturated rings. The van der Waals surface area contributed by atoms with Crippen LogP contribution in [-0.4, -0.2) is 141 Å². The van der Waals surface area contributed by atoms with Gasteiger partial charge in [0.05, 0.1) is 53.7 Å². The molecule has 51 heavy (non-hydrogen) atoms. The zero-order valence-corrected chi connectivity index (χ0v) is 33.4. The average Bonchev–Trinajstić information content (AvgIpc) is 3.07. The molecule has 3 heterocycles. The average molecular weight is 734 g/mol. The van der Waals surface area contributed by atoms with Crippen LogP contribution in [0.15, 0.2) is 0 Å². The van der Waals surface area contributed by atoms with E-state index in [2.05, 4.69) is 4.90 Å². The van der Waals surface area contributed by atoms with Crippen molar-refractivity contribution >= 4 is 5.97 Å². The van der Waals surface area contributed by atoms with E-state index >= 15 is 0 Å². The second-order valence-electron chi connectivity index (χ2n) is 16.7. The Morgan fingerprint density at radius 3 is 2.10 bits per heavy atom. The van der Waals surface area contributed by atoms with Crippen LogP contribution in [0.3, 0.4) is 0 Å².